The Kier molecular flexibility index (Phi) is 4.70. The summed E-state index contributed by atoms with van der Waals surface area (Å²) in [5, 5.41) is 3.66. The highest BCUT2D eigenvalue weighted by Gasteiger charge is 2.48. The highest BCUT2D eigenvalue weighted by atomic mass is 79.9. The lowest BCUT2D eigenvalue weighted by Crippen LogP contribution is -2.60. The van der Waals surface area contributed by atoms with Gasteiger partial charge in [-0.3, -0.25) is 0 Å². The van der Waals surface area contributed by atoms with Crippen molar-refractivity contribution in [3.8, 4) is 0 Å². The molecule has 1 aliphatic rings. The van der Waals surface area contributed by atoms with Gasteiger partial charge in [0.15, 0.2) is 0 Å². The summed E-state index contributed by atoms with van der Waals surface area (Å²) in [5.74, 6) is 0. The third-order valence-corrected chi connectivity index (χ3v) is 5.19. The number of aryl methyl sites for hydroxylation is 1. The summed E-state index contributed by atoms with van der Waals surface area (Å²) in [6.07, 6.45) is 1.52. The first kappa shape index (κ1) is 15.0. The number of hydrogen-bond donors (Lipinski definition) is 1. The average Bonchev–Trinajstić information content (AvgIpc) is 2.37. The second kappa shape index (κ2) is 5.94. The minimum Gasteiger partial charge on any atom is -0.378 e. The minimum atomic E-state index is 0.234. The molecule has 2 nitrogen and oxygen atoms in total. The maximum Gasteiger partial charge on any atom is 0.0655 e. The molecule has 0 radical (unpaired) electrons. The molecule has 2 unspecified atom stereocenters. The molecule has 1 saturated carbocycles. The van der Waals surface area contributed by atoms with E-state index >= 15 is 0 Å². The van der Waals surface area contributed by atoms with Crippen LogP contribution < -0.4 is 5.32 Å². The van der Waals surface area contributed by atoms with Gasteiger partial charge in [-0.2, -0.15) is 0 Å². The summed E-state index contributed by atoms with van der Waals surface area (Å²) in [4.78, 5) is 0. The van der Waals surface area contributed by atoms with Crippen LogP contribution in [0.15, 0.2) is 22.7 Å². The highest BCUT2D eigenvalue weighted by molar-refractivity contribution is 9.10. The molecule has 2 atom stereocenters. The fourth-order valence-electron chi connectivity index (χ4n) is 2.70. The van der Waals surface area contributed by atoms with Crippen molar-refractivity contribution in [1.82, 2.24) is 5.32 Å². The van der Waals surface area contributed by atoms with Crippen molar-refractivity contribution in [2.24, 2.45) is 5.41 Å². The Bertz CT molecular complexity index is 444. The molecule has 1 N–H and O–H groups in total. The van der Waals surface area contributed by atoms with Gasteiger partial charge in [-0.25, -0.2) is 0 Å². The van der Waals surface area contributed by atoms with Crippen LogP contribution in [0.2, 0.25) is 0 Å². The van der Waals surface area contributed by atoms with Gasteiger partial charge in [-0.15, -0.1) is 0 Å². The second-order valence-electron chi connectivity index (χ2n) is 6.02. The van der Waals surface area contributed by atoms with Crippen molar-refractivity contribution < 1.29 is 4.74 Å². The van der Waals surface area contributed by atoms with Crippen LogP contribution >= 0.6 is 15.9 Å². The predicted octanol–water partition coefficient (Wildman–Crippen LogP) is 4.05. The summed E-state index contributed by atoms with van der Waals surface area (Å²) in [6, 6.07) is 7.10. The normalized spacial score (nSPS) is 25.1. The molecule has 1 aromatic carbocycles. The molecule has 1 aromatic rings. The summed E-state index contributed by atoms with van der Waals surface area (Å²) in [6.45, 7) is 10.5. The van der Waals surface area contributed by atoms with E-state index in [1.165, 1.54) is 15.6 Å². The molecule has 0 amide bonds. The zero-order chi connectivity index (χ0) is 14.0. The van der Waals surface area contributed by atoms with Crippen LogP contribution in [0.1, 0.15) is 38.3 Å². The van der Waals surface area contributed by atoms with Gasteiger partial charge in [0.25, 0.3) is 0 Å². The smallest absolute Gasteiger partial charge is 0.0655 e. The number of rotatable bonds is 5. The van der Waals surface area contributed by atoms with Crippen LogP contribution in [0.3, 0.4) is 0 Å². The molecular weight excluding hydrogens is 302 g/mol. The van der Waals surface area contributed by atoms with Gasteiger partial charge in [0.2, 0.25) is 0 Å². The van der Waals surface area contributed by atoms with Gasteiger partial charge < -0.3 is 10.1 Å². The maximum absolute atomic E-state index is 5.76. The van der Waals surface area contributed by atoms with Gasteiger partial charge in [0.1, 0.15) is 0 Å². The Hall–Kier alpha value is -0.380. The fourth-order valence-corrected chi connectivity index (χ4v) is 3.13. The standard InChI is InChI=1S/C16H24BrNO/c1-5-19-15-9-14(16(15,3)4)18-10-12-7-6-11(2)13(17)8-12/h6-8,14-15,18H,5,9-10H2,1-4H3. The third kappa shape index (κ3) is 3.21. The number of benzene rings is 1. The molecular formula is C16H24BrNO. The van der Waals surface area contributed by atoms with Crippen LogP contribution in [-0.2, 0) is 11.3 Å². The summed E-state index contributed by atoms with van der Waals surface area (Å²) in [5.41, 5.74) is 2.84. The quantitative estimate of drug-likeness (QED) is 0.881. The SMILES string of the molecule is CCOC1CC(NCc2ccc(C)c(Br)c2)C1(C)C. The van der Waals surface area contributed by atoms with E-state index in [-0.39, 0.29) is 5.41 Å². The Morgan fingerprint density at radius 2 is 2.16 bits per heavy atom. The maximum atomic E-state index is 5.76. The van der Waals surface area contributed by atoms with Crippen LogP contribution in [0, 0.1) is 12.3 Å². The number of halogens is 1. The van der Waals surface area contributed by atoms with E-state index < -0.39 is 0 Å². The van der Waals surface area contributed by atoms with Crippen LogP contribution in [0.5, 0.6) is 0 Å². The average molecular weight is 326 g/mol. The lowest BCUT2D eigenvalue weighted by atomic mass is 9.64. The van der Waals surface area contributed by atoms with Gasteiger partial charge >= 0.3 is 0 Å². The molecule has 3 heteroatoms. The van der Waals surface area contributed by atoms with Gasteiger partial charge in [-0.1, -0.05) is 41.9 Å². The summed E-state index contributed by atoms with van der Waals surface area (Å²) >= 11 is 3.59. The van der Waals surface area contributed by atoms with Crippen LogP contribution in [0.4, 0.5) is 0 Å². The molecule has 1 aliphatic carbocycles. The molecule has 0 heterocycles. The van der Waals surface area contributed by atoms with Crippen molar-refractivity contribution >= 4 is 15.9 Å². The fraction of sp³-hybridized carbons (Fsp3) is 0.625. The molecule has 0 spiro atoms. The number of hydrogen-bond acceptors (Lipinski definition) is 2. The van der Waals surface area contributed by atoms with Crippen molar-refractivity contribution in [3.05, 3.63) is 33.8 Å². The molecule has 1 fully saturated rings. The lowest BCUT2D eigenvalue weighted by Gasteiger charge is -2.52. The van der Waals surface area contributed by atoms with E-state index in [0.717, 1.165) is 19.6 Å². The Balaban J connectivity index is 1.88. The zero-order valence-corrected chi connectivity index (χ0v) is 13.9. The number of nitrogens with one attached hydrogen (secondary N) is 1. The molecule has 0 bridgehead atoms. The summed E-state index contributed by atoms with van der Waals surface area (Å²) < 4.78 is 6.95. The molecule has 19 heavy (non-hydrogen) atoms. The van der Waals surface area contributed by atoms with Gasteiger partial charge in [0, 0.05) is 29.1 Å². The molecule has 0 aliphatic heterocycles. The second-order valence-corrected chi connectivity index (χ2v) is 6.87. The Labute approximate surface area is 125 Å². The Morgan fingerprint density at radius 3 is 2.74 bits per heavy atom. The summed E-state index contributed by atoms with van der Waals surface area (Å²) in [7, 11) is 0. The molecule has 106 valence electrons. The van der Waals surface area contributed by atoms with Gasteiger partial charge in [-0.05, 0) is 37.5 Å². The van der Waals surface area contributed by atoms with E-state index in [9.17, 15) is 0 Å². The first-order valence-electron chi connectivity index (χ1n) is 7.05. The molecule has 0 aromatic heterocycles. The number of ether oxygens (including phenoxy) is 1. The van der Waals surface area contributed by atoms with Crippen LogP contribution in [0.25, 0.3) is 0 Å². The first-order chi connectivity index (χ1) is 8.95. The van der Waals surface area contributed by atoms with Gasteiger partial charge in [0.05, 0.1) is 6.10 Å². The monoisotopic (exact) mass is 325 g/mol. The molecule has 0 saturated heterocycles. The largest absolute Gasteiger partial charge is 0.378 e. The van der Waals surface area contributed by atoms with Crippen molar-refractivity contribution in [1.29, 1.82) is 0 Å². The molecule has 2 rings (SSSR count). The van der Waals surface area contributed by atoms with E-state index in [2.05, 4.69) is 67.1 Å². The van der Waals surface area contributed by atoms with E-state index in [4.69, 9.17) is 4.74 Å². The van der Waals surface area contributed by atoms with Crippen molar-refractivity contribution in [3.63, 3.8) is 0 Å². The topological polar surface area (TPSA) is 21.3 Å². The van der Waals surface area contributed by atoms with E-state index in [0.29, 0.717) is 12.1 Å². The van der Waals surface area contributed by atoms with Crippen molar-refractivity contribution in [2.75, 3.05) is 6.61 Å². The highest BCUT2D eigenvalue weighted by Crippen LogP contribution is 2.42. The van der Waals surface area contributed by atoms with Crippen molar-refractivity contribution in [2.45, 2.75) is 52.8 Å². The predicted molar refractivity (Wildman–Crippen MR) is 83.3 cm³/mol. The van der Waals surface area contributed by atoms with E-state index in [1.807, 2.05) is 0 Å². The zero-order valence-electron chi connectivity index (χ0n) is 12.3. The lowest BCUT2D eigenvalue weighted by molar-refractivity contribution is -0.114. The third-order valence-electron chi connectivity index (χ3n) is 4.33. The van der Waals surface area contributed by atoms with E-state index in [1.54, 1.807) is 0 Å². The Morgan fingerprint density at radius 1 is 1.42 bits per heavy atom. The van der Waals surface area contributed by atoms with Crippen LogP contribution in [-0.4, -0.2) is 18.8 Å². The minimum absolute atomic E-state index is 0.234. The first-order valence-corrected chi connectivity index (χ1v) is 7.84.